The summed E-state index contributed by atoms with van der Waals surface area (Å²) in [6, 6.07) is 0. The van der Waals surface area contributed by atoms with Gasteiger partial charge in [0.1, 0.15) is 0 Å². The van der Waals surface area contributed by atoms with E-state index in [-0.39, 0.29) is 0 Å². The standard InChI is InChI=1S/C11H23NO/c1-10(9-12)5-2-3-6-11-7-4-8-13-11/h10-11H,2-9,12H2,1H3. The van der Waals surface area contributed by atoms with Crippen molar-refractivity contribution in [1.82, 2.24) is 0 Å². The van der Waals surface area contributed by atoms with Crippen molar-refractivity contribution in [2.24, 2.45) is 11.7 Å². The molecule has 13 heavy (non-hydrogen) atoms. The lowest BCUT2D eigenvalue weighted by molar-refractivity contribution is 0.101. The Kier molecular flexibility index (Phi) is 5.40. The molecular weight excluding hydrogens is 162 g/mol. The molecule has 78 valence electrons. The maximum absolute atomic E-state index is 5.56. The first kappa shape index (κ1) is 11.0. The van der Waals surface area contributed by atoms with Gasteiger partial charge in [0.2, 0.25) is 0 Å². The highest BCUT2D eigenvalue weighted by molar-refractivity contribution is 4.65. The Morgan fingerprint density at radius 2 is 2.31 bits per heavy atom. The fourth-order valence-corrected chi connectivity index (χ4v) is 1.85. The molecule has 0 saturated carbocycles. The average Bonchev–Trinajstić information content (AvgIpc) is 2.64. The summed E-state index contributed by atoms with van der Waals surface area (Å²) in [4.78, 5) is 0. The van der Waals surface area contributed by atoms with E-state index in [2.05, 4.69) is 6.92 Å². The highest BCUT2D eigenvalue weighted by Crippen LogP contribution is 2.18. The summed E-state index contributed by atoms with van der Waals surface area (Å²) in [5.74, 6) is 0.699. The molecule has 0 aromatic heterocycles. The van der Waals surface area contributed by atoms with Gasteiger partial charge in [-0.15, -0.1) is 0 Å². The van der Waals surface area contributed by atoms with E-state index >= 15 is 0 Å². The highest BCUT2D eigenvalue weighted by atomic mass is 16.5. The second-order valence-corrected chi connectivity index (χ2v) is 4.26. The largest absolute Gasteiger partial charge is 0.378 e. The molecular formula is C11H23NO. The number of rotatable bonds is 6. The minimum absolute atomic E-state index is 0.577. The van der Waals surface area contributed by atoms with E-state index in [1.807, 2.05) is 0 Å². The molecule has 2 nitrogen and oxygen atoms in total. The maximum Gasteiger partial charge on any atom is 0.0576 e. The molecule has 2 heteroatoms. The van der Waals surface area contributed by atoms with Crippen LogP contribution in [0.15, 0.2) is 0 Å². The van der Waals surface area contributed by atoms with Crippen LogP contribution in [0.25, 0.3) is 0 Å². The van der Waals surface area contributed by atoms with E-state index in [1.54, 1.807) is 0 Å². The van der Waals surface area contributed by atoms with Crippen molar-refractivity contribution in [3.8, 4) is 0 Å². The Hall–Kier alpha value is -0.0800. The number of unbranched alkanes of at least 4 members (excludes halogenated alkanes) is 1. The second-order valence-electron chi connectivity index (χ2n) is 4.26. The predicted molar refractivity (Wildman–Crippen MR) is 55.7 cm³/mol. The van der Waals surface area contributed by atoms with Gasteiger partial charge in [-0.05, 0) is 38.1 Å². The fraction of sp³-hybridized carbons (Fsp3) is 1.00. The SMILES string of the molecule is CC(CN)CCCCC1CCCO1. The van der Waals surface area contributed by atoms with Crippen LogP contribution in [0.4, 0.5) is 0 Å². The van der Waals surface area contributed by atoms with E-state index in [1.165, 1.54) is 38.5 Å². The van der Waals surface area contributed by atoms with Crippen molar-refractivity contribution in [3.63, 3.8) is 0 Å². The summed E-state index contributed by atoms with van der Waals surface area (Å²) in [6.45, 7) is 4.05. The first-order chi connectivity index (χ1) is 6.33. The average molecular weight is 185 g/mol. The van der Waals surface area contributed by atoms with Crippen LogP contribution in [0.1, 0.15) is 45.4 Å². The van der Waals surface area contributed by atoms with Gasteiger partial charge in [-0.2, -0.15) is 0 Å². The minimum Gasteiger partial charge on any atom is -0.378 e. The summed E-state index contributed by atoms with van der Waals surface area (Å²) in [7, 11) is 0. The zero-order chi connectivity index (χ0) is 9.52. The molecule has 2 N–H and O–H groups in total. The summed E-state index contributed by atoms with van der Waals surface area (Å²) < 4.78 is 5.56. The Morgan fingerprint density at radius 3 is 2.92 bits per heavy atom. The summed E-state index contributed by atoms with van der Waals surface area (Å²) in [5, 5.41) is 0. The molecule has 0 spiro atoms. The third kappa shape index (κ3) is 4.63. The van der Waals surface area contributed by atoms with Crippen LogP contribution in [0.3, 0.4) is 0 Å². The van der Waals surface area contributed by atoms with Crippen LogP contribution in [-0.2, 0) is 4.74 Å². The molecule has 0 aromatic carbocycles. The smallest absolute Gasteiger partial charge is 0.0576 e. The number of nitrogens with two attached hydrogens (primary N) is 1. The summed E-state index contributed by atoms with van der Waals surface area (Å²) in [5.41, 5.74) is 5.55. The Bertz CT molecular complexity index is 121. The van der Waals surface area contributed by atoms with Gasteiger partial charge in [-0.3, -0.25) is 0 Å². The van der Waals surface area contributed by atoms with Crippen LogP contribution < -0.4 is 5.73 Å². The Balaban J connectivity index is 1.88. The molecule has 1 aliphatic rings. The number of hydrogen-bond acceptors (Lipinski definition) is 2. The Labute approximate surface area is 81.8 Å². The van der Waals surface area contributed by atoms with Gasteiger partial charge in [0.25, 0.3) is 0 Å². The first-order valence-electron chi connectivity index (χ1n) is 5.64. The lowest BCUT2D eigenvalue weighted by atomic mass is 10.0. The second kappa shape index (κ2) is 6.39. The van der Waals surface area contributed by atoms with Crippen molar-refractivity contribution in [1.29, 1.82) is 0 Å². The van der Waals surface area contributed by atoms with E-state index in [0.29, 0.717) is 12.0 Å². The summed E-state index contributed by atoms with van der Waals surface area (Å²) in [6.07, 6.45) is 8.30. The van der Waals surface area contributed by atoms with E-state index < -0.39 is 0 Å². The molecule has 1 aliphatic heterocycles. The zero-order valence-corrected chi connectivity index (χ0v) is 8.80. The molecule has 0 aliphatic carbocycles. The molecule has 0 aromatic rings. The van der Waals surface area contributed by atoms with Gasteiger partial charge in [0, 0.05) is 6.61 Å². The molecule has 1 saturated heterocycles. The fourth-order valence-electron chi connectivity index (χ4n) is 1.85. The predicted octanol–water partition coefficient (Wildman–Crippen LogP) is 2.32. The zero-order valence-electron chi connectivity index (χ0n) is 8.80. The molecule has 2 unspecified atom stereocenters. The molecule has 2 atom stereocenters. The van der Waals surface area contributed by atoms with Gasteiger partial charge in [0.05, 0.1) is 6.10 Å². The van der Waals surface area contributed by atoms with Crippen LogP contribution >= 0.6 is 0 Å². The topological polar surface area (TPSA) is 35.2 Å². The number of hydrogen-bond donors (Lipinski definition) is 1. The van der Waals surface area contributed by atoms with Crippen molar-refractivity contribution < 1.29 is 4.74 Å². The van der Waals surface area contributed by atoms with Crippen LogP contribution in [0.5, 0.6) is 0 Å². The van der Waals surface area contributed by atoms with Gasteiger partial charge in [-0.25, -0.2) is 0 Å². The minimum atomic E-state index is 0.577. The van der Waals surface area contributed by atoms with Crippen LogP contribution in [0.2, 0.25) is 0 Å². The third-order valence-corrected chi connectivity index (χ3v) is 2.90. The van der Waals surface area contributed by atoms with E-state index in [0.717, 1.165) is 13.2 Å². The Morgan fingerprint density at radius 1 is 1.46 bits per heavy atom. The lowest BCUT2D eigenvalue weighted by Crippen LogP contribution is -2.11. The highest BCUT2D eigenvalue weighted by Gasteiger charge is 2.14. The van der Waals surface area contributed by atoms with Crippen LogP contribution in [0, 0.1) is 5.92 Å². The van der Waals surface area contributed by atoms with Crippen molar-refractivity contribution >= 4 is 0 Å². The van der Waals surface area contributed by atoms with Gasteiger partial charge in [-0.1, -0.05) is 19.8 Å². The van der Waals surface area contributed by atoms with Crippen molar-refractivity contribution in [2.45, 2.75) is 51.6 Å². The monoisotopic (exact) mass is 185 g/mol. The molecule has 0 bridgehead atoms. The van der Waals surface area contributed by atoms with Gasteiger partial charge < -0.3 is 10.5 Å². The third-order valence-electron chi connectivity index (χ3n) is 2.90. The molecule has 0 radical (unpaired) electrons. The van der Waals surface area contributed by atoms with Crippen LogP contribution in [-0.4, -0.2) is 19.3 Å². The van der Waals surface area contributed by atoms with Gasteiger partial charge >= 0.3 is 0 Å². The van der Waals surface area contributed by atoms with Crippen molar-refractivity contribution in [2.75, 3.05) is 13.2 Å². The lowest BCUT2D eigenvalue weighted by Gasteiger charge is -2.10. The first-order valence-corrected chi connectivity index (χ1v) is 5.64. The molecule has 1 heterocycles. The normalized spacial score (nSPS) is 24.9. The quantitative estimate of drug-likeness (QED) is 0.644. The van der Waals surface area contributed by atoms with Crippen molar-refractivity contribution in [3.05, 3.63) is 0 Å². The molecule has 1 fully saturated rings. The van der Waals surface area contributed by atoms with Gasteiger partial charge in [0.15, 0.2) is 0 Å². The number of ether oxygens (including phenoxy) is 1. The summed E-state index contributed by atoms with van der Waals surface area (Å²) >= 11 is 0. The van der Waals surface area contributed by atoms with E-state index in [4.69, 9.17) is 10.5 Å². The van der Waals surface area contributed by atoms with E-state index in [9.17, 15) is 0 Å². The molecule has 0 amide bonds. The maximum atomic E-state index is 5.56. The molecule has 1 rings (SSSR count).